The summed E-state index contributed by atoms with van der Waals surface area (Å²) in [5.74, 6) is -1.14. The third-order valence-electron chi connectivity index (χ3n) is 2.90. The summed E-state index contributed by atoms with van der Waals surface area (Å²) in [5.41, 5.74) is 6.88. The molecular weight excluding hydrogens is 326 g/mol. The summed E-state index contributed by atoms with van der Waals surface area (Å²) in [5, 5.41) is 0. The second-order valence-corrected chi connectivity index (χ2v) is 4.57. The molecule has 0 saturated heterocycles. The van der Waals surface area contributed by atoms with Crippen LogP contribution in [0, 0.1) is 0 Å². The van der Waals surface area contributed by atoms with E-state index in [1.165, 1.54) is 6.07 Å². The molecule has 0 spiro atoms. The fourth-order valence-corrected chi connectivity index (χ4v) is 1.91. The minimum Gasteiger partial charge on any atom is -0.457 e. The van der Waals surface area contributed by atoms with Crippen LogP contribution in [0.15, 0.2) is 36.4 Å². The van der Waals surface area contributed by atoms with Gasteiger partial charge >= 0.3 is 12.4 Å². The van der Waals surface area contributed by atoms with Crippen molar-refractivity contribution in [3.05, 3.63) is 47.5 Å². The number of benzene rings is 2. The Balaban J connectivity index is 2.47. The molecule has 0 aromatic heterocycles. The maximum atomic E-state index is 13.0. The third-order valence-corrected chi connectivity index (χ3v) is 2.90. The van der Waals surface area contributed by atoms with Crippen molar-refractivity contribution in [3.8, 4) is 11.5 Å². The van der Waals surface area contributed by atoms with Crippen LogP contribution in [-0.2, 0) is 12.4 Å². The Morgan fingerprint density at radius 3 is 2.00 bits per heavy atom. The highest BCUT2D eigenvalue weighted by Gasteiger charge is 2.37. The Bertz CT molecular complexity index is 724. The summed E-state index contributed by atoms with van der Waals surface area (Å²) in [4.78, 5) is 0. The van der Waals surface area contributed by atoms with Gasteiger partial charge in [0.05, 0.1) is 5.56 Å². The lowest BCUT2D eigenvalue weighted by Crippen LogP contribution is -2.11. The van der Waals surface area contributed by atoms with Crippen molar-refractivity contribution < 1.29 is 31.1 Å². The molecule has 23 heavy (non-hydrogen) atoms. The Kier molecular flexibility index (Phi) is 4.06. The molecule has 0 saturated carbocycles. The Hall–Kier alpha value is -2.58. The number of halogens is 6. The predicted octanol–water partition coefficient (Wildman–Crippen LogP) is 4.68. The first-order valence-corrected chi connectivity index (χ1v) is 6.10. The van der Waals surface area contributed by atoms with Crippen LogP contribution in [0.4, 0.5) is 37.7 Å². The molecule has 0 aliphatic heterocycles. The zero-order chi connectivity index (χ0) is 17.4. The molecule has 0 unspecified atom stereocenters. The zero-order valence-corrected chi connectivity index (χ0v) is 11.3. The molecule has 2 aromatic rings. The zero-order valence-electron chi connectivity index (χ0n) is 11.3. The van der Waals surface area contributed by atoms with Crippen LogP contribution in [0.2, 0.25) is 0 Å². The van der Waals surface area contributed by atoms with E-state index in [0.717, 1.165) is 24.3 Å². The summed E-state index contributed by atoms with van der Waals surface area (Å²) < 4.78 is 82.2. The molecule has 3 nitrogen and oxygen atoms in total. The molecule has 2 rings (SSSR count). The topological polar surface area (TPSA) is 61.3 Å². The summed E-state index contributed by atoms with van der Waals surface area (Å²) in [7, 11) is 0. The SMILES string of the molecule is Nc1ccc(Oc2cccc(N)c2C(F)(F)F)cc1C(F)(F)F. The van der Waals surface area contributed by atoms with Gasteiger partial charge in [-0.1, -0.05) is 6.07 Å². The van der Waals surface area contributed by atoms with Gasteiger partial charge in [0.1, 0.15) is 17.1 Å². The van der Waals surface area contributed by atoms with Gasteiger partial charge < -0.3 is 16.2 Å². The van der Waals surface area contributed by atoms with Crippen LogP contribution in [-0.4, -0.2) is 0 Å². The number of rotatable bonds is 2. The Morgan fingerprint density at radius 2 is 1.43 bits per heavy atom. The number of hydrogen-bond donors (Lipinski definition) is 2. The van der Waals surface area contributed by atoms with Crippen molar-refractivity contribution in [2.24, 2.45) is 0 Å². The molecule has 0 aliphatic rings. The number of ether oxygens (including phenoxy) is 1. The first-order valence-electron chi connectivity index (χ1n) is 6.10. The highest BCUT2D eigenvalue weighted by Crippen LogP contribution is 2.43. The Morgan fingerprint density at radius 1 is 0.783 bits per heavy atom. The minimum absolute atomic E-state index is 0.442. The van der Waals surface area contributed by atoms with Crippen LogP contribution in [0.25, 0.3) is 0 Å². The van der Waals surface area contributed by atoms with E-state index in [0.29, 0.717) is 6.07 Å². The van der Waals surface area contributed by atoms with Crippen LogP contribution in [0.3, 0.4) is 0 Å². The molecule has 0 aliphatic carbocycles. The lowest BCUT2D eigenvalue weighted by molar-refractivity contribution is -0.138. The second-order valence-electron chi connectivity index (χ2n) is 4.57. The average molecular weight is 336 g/mol. The summed E-state index contributed by atoms with van der Waals surface area (Å²) in [6.45, 7) is 0. The van der Waals surface area contributed by atoms with Crippen LogP contribution in [0.5, 0.6) is 11.5 Å². The van der Waals surface area contributed by atoms with E-state index in [-0.39, 0.29) is 0 Å². The standard InChI is InChI=1S/C14H10F6N2O/c15-13(16,17)8-6-7(4-5-9(8)21)23-11-3-1-2-10(22)12(11)14(18,19)20/h1-6H,21-22H2. The summed E-state index contributed by atoms with van der Waals surface area (Å²) >= 11 is 0. The van der Waals surface area contributed by atoms with Crippen molar-refractivity contribution in [1.29, 1.82) is 0 Å². The van der Waals surface area contributed by atoms with Crippen LogP contribution < -0.4 is 16.2 Å². The number of anilines is 2. The van der Waals surface area contributed by atoms with Crippen molar-refractivity contribution in [2.45, 2.75) is 12.4 Å². The van der Waals surface area contributed by atoms with E-state index in [1.807, 2.05) is 0 Å². The van der Waals surface area contributed by atoms with E-state index in [9.17, 15) is 26.3 Å². The average Bonchev–Trinajstić information content (AvgIpc) is 2.38. The highest BCUT2D eigenvalue weighted by atomic mass is 19.4. The number of nitrogen functional groups attached to an aromatic ring is 2. The molecule has 0 fully saturated rings. The number of hydrogen-bond acceptors (Lipinski definition) is 3. The van der Waals surface area contributed by atoms with Gasteiger partial charge in [0.15, 0.2) is 0 Å². The fraction of sp³-hybridized carbons (Fsp3) is 0.143. The molecule has 0 heterocycles. The van der Waals surface area contributed by atoms with E-state index in [2.05, 4.69) is 0 Å². The summed E-state index contributed by atoms with van der Waals surface area (Å²) in [6.07, 6.45) is -9.58. The lowest BCUT2D eigenvalue weighted by Gasteiger charge is -2.17. The van der Waals surface area contributed by atoms with Gasteiger partial charge in [0.25, 0.3) is 0 Å². The van der Waals surface area contributed by atoms with E-state index in [4.69, 9.17) is 16.2 Å². The van der Waals surface area contributed by atoms with Crippen molar-refractivity contribution in [1.82, 2.24) is 0 Å². The molecule has 0 amide bonds. The van der Waals surface area contributed by atoms with Gasteiger partial charge in [-0.3, -0.25) is 0 Å². The van der Waals surface area contributed by atoms with E-state index < -0.39 is 46.4 Å². The molecule has 124 valence electrons. The molecule has 9 heteroatoms. The van der Waals surface area contributed by atoms with Gasteiger partial charge in [0.2, 0.25) is 0 Å². The largest absolute Gasteiger partial charge is 0.457 e. The minimum atomic E-state index is -4.82. The van der Waals surface area contributed by atoms with Gasteiger partial charge in [-0.25, -0.2) is 0 Å². The molecular formula is C14H10F6N2O. The molecule has 0 atom stereocenters. The van der Waals surface area contributed by atoms with Crippen molar-refractivity contribution in [3.63, 3.8) is 0 Å². The van der Waals surface area contributed by atoms with E-state index in [1.54, 1.807) is 0 Å². The quantitative estimate of drug-likeness (QED) is 0.618. The highest BCUT2D eigenvalue weighted by molar-refractivity contribution is 5.58. The number of nitrogens with two attached hydrogens (primary N) is 2. The lowest BCUT2D eigenvalue weighted by atomic mass is 10.1. The fourth-order valence-electron chi connectivity index (χ4n) is 1.91. The first kappa shape index (κ1) is 16.8. The maximum Gasteiger partial charge on any atom is 0.421 e. The van der Waals surface area contributed by atoms with Gasteiger partial charge in [-0.05, 0) is 30.3 Å². The van der Waals surface area contributed by atoms with Crippen LogP contribution >= 0.6 is 0 Å². The monoisotopic (exact) mass is 336 g/mol. The third kappa shape index (κ3) is 3.61. The normalized spacial score (nSPS) is 12.3. The molecule has 0 bridgehead atoms. The predicted molar refractivity (Wildman–Crippen MR) is 71.8 cm³/mol. The maximum absolute atomic E-state index is 13.0. The second kappa shape index (κ2) is 5.56. The van der Waals surface area contributed by atoms with Gasteiger partial charge in [-0.15, -0.1) is 0 Å². The van der Waals surface area contributed by atoms with Gasteiger partial charge in [-0.2, -0.15) is 26.3 Å². The van der Waals surface area contributed by atoms with E-state index >= 15 is 0 Å². The molecule has 2 aromatic carbocycles. The first-order chi connectivity index (χ1) is 10.5. The molecule has 0 radical (unpaired) electrons. The number of alkyl halides is 6. The van der Waals surface area contributed by atoms with Crippen molar-refractivity contribution >= 4 is 11.4 Å². The smallest absolute Gasteiger partial charge is 0.421 e. The van der Waals surface area contributed by atoms with Crippen molar-refractivity contribution in [2.75, 3.05) is 11.5 Å². The summed E-state index contributed by atoms with van der Waals surface area (Å²) in [6, 6.07) is 5.63. The van der Waals surface area contributed by atoms with Gasteiger partial charge in [0, 0.05) is 11.4 Å². The Labute approximate surface area is 126 Å². The van der Waals surface area contributed by atoms with Crippen LogP contribution in [0.1, 0.15) is 11.1 Å². The molecule has 4 N–H and O–H groups in total.